The Balaban J connectivity index is 1.64. The van der Waals surface area contributed by atoms with Crippen molar-refractivity contribution in [1.29, 1.82) is 0 Å². The first-order valence-electron chi connectivity index (χ1n) is 9.08. The van der Waals surface area contributed by atoms with Crippen LogP contribution in [0.5, 0.6) is 0 Å². The standard InChI is InChI=1S/C23H22N2O3/c26-22(24-20-14-8-3-9-15-20)21(16-18-10-4-1-5-11-18)25-23(27)28-17-19-12-6-2-7-13-19/h1-15,21H,16-17H2,(H,24,26)(H,25,27)/t21-/m1/s1. The topological polar surface area (TPSA) is 67.4 Å². The highest BCUT2D eigenvalue weighted by molar-refractivity contribution is 5.96. The Morgan fingerprint density at radius 3 is 1.89 bits per heavy atom. The van der Waals surface area contributed by atoms with Crippen LogP contribution in [0.15, 0.2) is 91.0 Å². The van der Waals surface area contributed by atoms with Crippen LogP contribution in [0.3, 0.4) is 0 Å². The number of para-hydroxylation sites is 1. The van der Waals surface area contributed by atoms with Gasteiger partial charge in [0.1, 0.15) is 12.6 Å². The Morgan fingerprint density at radius 2 is 1.29 bits per heavy atom. The second kappa shape index (κ2) is 9.92. The van der Waals surface area contributed by atoms with E-state index < -0.39 is 12.1 Å². The fraction of sp³-hybridized carbons (Fsp3) is 0.130. The van der Waals surface area contributed by atoms with Gasteiger partial charge in [0, 0.05) is 12.1 Å². The van der Waals surface area contributed by atoms with E-state index in [0.717, 1.165) is 11.1 Å². The van der Waals surface area contributed by atoms with Crippen molar-refractivity contribution in [2.75, 3.05) is 5.32 Å². The van der Waals surface area contributed by atoms with Gasteiger partial charge >= 0.3 is 6.09 Å². The number of carbonyl (C=O) groups excluding carboxylic acids is 2. The Morgan fingerprint density at radius 1 is 0.750 bits per heavy atom. The summed E-state index contributed by atoms with van der Waals surface area (Å²) in [7, 11) is 0. The molecule has 0 aromatic heterocycles. The maximum absolute atomic E-state index is 12.7. The zero-order valence-electron chi connectivity index (χ0n) is 15.4. The molecule has 1 atom stereocenters. The van der Waals surface area contributed by atoms with E-state index in [1.807, 2.05) is 78.9 Å². The number of ether oxygens (including phenoxy) is 1. The molecular formula is C23H22N2O3. The van der Waals surface area contributed by atoms with Crippen LogP contribution < -0.4 is 10.6 Å². The van der Waals surface area contributed by atoms with Gasteiger partial charge in [-0.3, -0.25) is 4.79 Å². The summed E-state index contributed by atoms with van der Waals surface area (Å²) in [4.78, 5) is 25.0. The van der Waals surface area contributed by atoms with Gasteiger partial charge in [-0.05, 0) is 23.3 Å². The number of amides is 2. The average molecular weight is 374 g/mol. The Kier molecular flexibility index (Phi) is 6.79. The molecule has 5 heteroatoms. The molecule has 0 bridgehead atoms. The summed E-state index contributed by atoms with van der Waals surface area (Å²) >= 11 is 0. The van der Waals surface area contributed by atoms with E-state index in [4.69, 9.17) is 4.74 Å². The largest absolute Gasteiger partial charge is 0.445 e. The van der Waals surface area contributed by atoms with E-state index in [2.05, 4.69) is 10.6 Å². The number of rotatable bonds is 7. The lowest BCUT2D eigenvalue weighted by atomic mass is 10.1. The Hall–Kier alpha value is -3.60. The maximum Gasteiger partial charge on any atom is 0.408 e. The molecule has 3 aromatic rings. The summed E-state index contributed by atoms with van der Waals surface area (Å²) < 4.78 is 5.27. The van der Waals surface area contributed by atoms with Crippen molar-refractivity contribution in [2.45, 2.75) is 19.1 Å². The third-order valence-electron chi connectivity index (χ3n) is 4.15. The second-order valence-corrected chi connectivity index (χ2v) is 6.30. The van der Waals surface area contributed by atoms with Gasteiger partial charge in [-0.2, -0.15) is 0 Å². The van der Waals surface area contributed by atoms with Crippen molar-refractivity contribution < 1.29 is 14.3 Å². The van der Waals surface area contributed by atoms with Crippen molar-refractivity contribution in [3.63, 3.8) is 0 Å². The summed E-state index contributed by atoms with van der Waals surface area (Å²) in [6, 6.07) is 27.3. The minimum Gasteiger partial charge on any atom is -0.445 e. The van der Waals surface area contributed by atoms with Crippen molar-refractivity contribution in [2.24, 2.45) is 0 Å². The fourth-order valence-electron chi connectivity index (χ4n) is 2.72. The minimum absolute atomic E-state index is 0.144. The highest BCUT2D eigenvalue weighted by Crippen LogP contribution is 2.09. The van der Waals surface area contributed by atoms with E-state index in [-0.39, 0.29) is 12.5 Å². The van der Waals surface area contributed by atoms with Crippen molar-refractivity contribution in [3.05, 3.63) is 102 Å². The number of hydrogen-bond acceptors (Lipinski definition) is 3. The van der Waals surface area contributed by atoms with Gasteiger partial charge < -0.3 is 15.4 Å². The number of carbonyl (C=O) groups is 2. The van der Waals surface area contributed by atoms with Gasteiger partial charge in [0.05, 0.1) is 0 Å². The van der Waals surface area contributed by atoms with Gasteiger partial charge in [-0.1, -0.05) is 78.9 Å². The lowest BCUT2D eigenvalue weighted by Crippen LogP contribution is -2.45. The van der Waals surface area contributed by atoms with Crippen molar-refractivity contribution in [1.82, 2.24) is 5.32 Å². The smallest absolute Gasteiger partial charge is 0.408 e. The highest BCUT2D eigenvalue weighted by Gasteiger charge is 2.22. The molecule has 142 valence electrons. The number of hydrogen-bond donors (Lipinski definition) is 2. The monoisotopic (exact) mass is 374 g/mol. The molecule has 0 saturated carbocycles. The average Bonchev–Trinajstić information content (AvgIpc) is 2.74. The molecule has 0 unspecified atom stereocenters. The number of benzene rings is 3. The quantitative estimate of drug-likeness (QED) is 0.652. The van der Waals surface area contributed by atoms with Crippen molar-refractivity contribution in [3.8, 4) is 0 Å². The van der Waals surface area contributed by atoms with Gasteiger partial charge in [-0.25, -0.2) is 4.79 Å². The lowest BCUT2D eigenvalue weighted by molar-refractivity contribution is -0.118. The molecule has 2 N–H and O–H groups in total. The molecule has 0 radical (unpaired) electrons. The first-order chi connectivity index (χ1) is 13.7. The molecule has 0 heterocycles. The Bertz CT molecular complexity index is 883. The zero-order valence-corrected chi connectivity index (χ0v) is 15.4. The van der Waals surface area contributed by atoms with E-state index in [1.54, 1.807) is 12.1 Å². The SMILES string of the molecule is O=C(N[C@H](Cc1ccccc1)C(=O)Nc1ccccc1)OCc1ccccc1. The van der Waals surface area contributed by atoms with Gasteiger partial charge in [0.2, 0.25) is 5.91 Å². The Labute approximate surface area is 164 Å². The molecule has 0 aliphatic rings. The molecule has 2 amide bonds. The summed E-state index contributed by atoms with van der Waals surface area (Å²) in [5, 5.41) is 5.51. The minimum atomic E-state index is -0.758. The van der Waals surface area contributed by atoms with Crippen LogP contribution in [0.4, 0.5) is 10.5 Å². The molecule has 28 heavy (non-hydrogen) atoms. The predicted octanol–water partition coefficient (Wildman–Crippen LogP) is 4.16. The number of nitrogens with one attached hydrogen (secondary N) is 2. The van der Waals surface area contributed by atoms with Crippen LogP contribution in [-0.2, 0) is 22.6 Å². The zero-order chi connectivity index (χ0) is 19.6. The molecular weight excluding hydrogens is 352 g/mol. The molecule has 0 spiro atoms. The molecule has 3 aromatic carbocycles. The van der Waals surface area contributed by atoms with E-state index in [0.29, 0.717) is 12.1 Å². The summed E-state index contributed by atoms with van der Waals surface area (Å²) in [6.45, 7) is 0.144. The number of alkyl carbamates (subject to hydrolysis) is 1. The van der Waals surface area contributed by atoms with E-state index in [9.17, 15) is 9.59 Å². The summed E-state index contributed by atoms with van der Waals surface area (Å²) in [5.41, 5.74) is 2.50. The third kappa shape index (κ3) is 5.99. The number of anilines is 1. The predicted molar refractivity (Wildman–Crippen MR) is 109 cm³/mol. The molecule has 0 saturated heterocycles. The molecule has 5 nitrogen and oxygen atoms in total. The van der Waals surface area contributed by atoms with Crippen LogP contribution >= 0.6 is 0 Å². The lowest BCUT2D eigenvalue weighted by Gasteiger charge is -2.18. The van der Waals surface area contributed by atoms with E-state index >= 15 is 0 Å². The molecule has 0 aliphatic heterocycles. The third-order valence-corrected chi connectivity index (χ3v) is 4.15. The van der Waals surface area contributed by atoms with Crippen LogP contribution in [0.2, 0.25) is 0 Å². The van der Waals surface area contributed by atoms with Crippen LogP contribution in [0.25, 0.3) is 0 Å². The van der Waals surface area contributed by atoms with Crippen LogP contribution in [-0.4, -0.2) is 18.0 Å². The molecule has 0 aliphatic carbocycles. The van der Waals surface area contributed by atoms with Gasteiger partial charge in [0.25, 0.3) is 0 Å². The maximum atomic E-state index is 12.7. The summed E-state index contributed by atoms with van der Waals surface area (Å²) in [5.74, 6) is -0.299. The fourth-order valence-corrected chi connectivity index (χ4v) is 2.72. The van der Waals surface area contributed by atoms with Crippen molar-refractivity contribution >= 4 is 17.7 Å². The molecule has 0 fully saturated rings. The van der Waals surface area contributed by atoms with Crippen LogP contribution in [0.1, 0.15) is 11.1 Å². The normalized spacial score (nSPS) is 11.3. The first-order valence-corrected chi connectivity index (χ1v) is 9.08. The molecule has 3 rings (SSSR count). The van der Waals surface area contributed by atoms with Gasteiger partial charge in [-0.15, -0.1) is 0 Å². The van der Waals surface area contributed by atoms with Gasteiger partial charge in [0.15, 0.2) is 0 Å². The van der Waals surface area contributed by atoms with E-state index in [1.165, 1.54) is 0 Å². The first kappa shape index (κ1) is 19.2. The summed E-state index contributed by atoms with van der Waals surface area (Å²) in [6.07, 6.45) is -0.270. The van der Waals surface area contributed by atoms with Crippen LogP contribution in [0, 0.1) is 0 Å². The highest BCUT2D eigenvalue weighted by atomic mass is 16.5. The second-order valence-electron chi connectivity index (χ2n) is 6.30.